The first-order valence-electron chi connectivity index (χ1n) is 8.29. The van der Waals surface area contributed by atoms with E-state index in [0.29, 0.717) is 13.1 Å². The third kappa shape index (κ3) is 4.79. The number of benzene rings is 1. The van der Waals surface area contributed by atoms with Crippen LogP contribution in [0.25, 0.3) is 0 Å². The fraction of sp³-hybridized carbons (Fsp3) is 0.529. The maximum atomic E-state index is 12.9. The molecule has 0 N–H and O–H groups in total. The Kier molecular flexibility index (Phi) is 6.35. The van der Waals surface area contributed by atoms with Gasteiger partial charge in [0.05, 0.1) is 10.6 Å². The highest BCUT2D eigenvalue weighted by molar-refractivity contribution is 7.91. The van der Waals surface area contributed by atoms with Gasteiger partial charge < -0.3 is 9.80 Å². The van der Waals surface area contributed by atoms with Gasteiger partial charge in [0.2, 0.25) is 11.8 Å². The van der Waals surface area contributed by atoms with Crippen molar-refractivity contribution in [3.63, 3.8) is 0 Å². The average molecular weight is 385 g/mol. The zero-order valence-electron chi connectivity index (χ0n) is 15.2. The molecule has 1 heterocycles. The molecule has 1 fully saturated rings. The lowest BCUT2D eigenvalue weighted by atomic mass is 10.1. The van der Waals surface area contributed by atoms with Crippen molar-refractivity contribution in [1.82, 2.24) is 14.7 Å². The predicted molar refractivity (Wildman–Crippen MR) is 94.8 cm³/mol. The minimum absolute atomic E-state index is 0.00857. The van der Waals surface area contributed by atoms with Crippen LogP contribution in [0.1, 0.15) is 6.42 Å². The van der Waals surface area contributed by atoms with Crippen molar-refractivity contribution in [2.75, 3.05) is 46.5 Å². The first-order valence-corrected chi connectivity index (χ1v) is 9.94. The van der Waals surface area contributed by atoms with Crippen molar-refractivity contribution in [3.05, 3.63) is 30.1 Å². The largest absolute Gasteiger partial charge is 0.347 e. The van der Waals surface area contributed by atoms with Gasteiger partial charge in [0.1, 0.15) is 11.9 Å². The van der Waals surface area contributed by atoms with Crippen LogP contribution < -0.4 is 0 Å². The molecule has 1 unspecified atom stereocenters. The zero-order chi connectivity index (χ0) is 19.5. The summed E-state index contributed by atoms with van der Waals surface area (Å²) in [6.07, 6.45) is -0.174. The molecule has 7 nitrogen and oxygen atoms in total. The van der Waals surface area contributed by atoms with Crippen LogP contribution in [-0.4, -0.2) is 87.5 Å². The normalized spacial score (nSPS) is 18.6. The summed E-state index contributed by atoms with van der Waals surface area (Å²) in [6, 6.07) is 4.10. The average Bonchev–Trinajstić information content (AvgIpc) is 2.60. The third-order valence-corrected chi connectivity index (χ3v) is 6.22. The van der Waals surface area contributed by atoms with Gasteiger partial charge in [-0.05, 0) is 31.3 Å². The minimum atomic E-state index is -3.66. The first-order chi connectivity index (χ1) is 12.1. The van der Waals surface area contributed by atoms with Crippen LogP contribution >= 0.6 is 0 Å². The van der Waals surface area contributed by atoms with Crippen molar-refractivity contribution in [3.8, 4) is 0 Å². The highest BCUT2D eigenvalue weighted by atomic mass is 32.2. The molecule has 1 aromatic carbocycles. The monoisotopic (exact) mass is 385 g/mol. The number of likely N-dealkylation sites (N-methyl/N-ethyl adjacent to an activating group) is 2. The number of rotatable bonds is 5. The molecule has 0 aliphatic carbocycles. The fourth-order valence-electron chi connectivity index (χ4n) is 2.80. The number of hydrogen-bond acceptors (Lipinski definition) is 5. The Morgan fingerprint density at radius 3 is 2.38 bits per heavy atom. The summed E-state index contributed by atoms with van der Waals surface area (Å²) in [5.74, 6) is -1.27. The molecule has 0 bridgehead atoms. The van der Waals surface area contributed by atoms with Gasteiger partial charge in [0.25, 0.3) is 0 Å². The zero-order valence-corrected chi connectivity index (χ0v) is 16.0. The summed E-state index contributed by atoms with van der Waals surface area (Å²) in [4.78, 5) is 29.6. The summed E-state index contributed by atoms with van der Waals surface area (Å²) >= 11 is 0. The standard InChI is InChI=1S/C17H24FN3O4S/c1-19(2)17(23)15-12-21(10-9-20(15)3)16(22)8-11-26(24,25)14-6-4-13(18)5-7-14/h4-7,15H,8-12H2,1-3H3. The van der Waals surface area contributed by atoms with Crippen LogP contribution in [0, 0.1) is 5.82 Å². The van der Waals surface area contributed by atoms with E-state index >= 15 is 0 Å². The van der Waals surface area contributed by atoms with Gasteiger partial charge in [-0.2, -0.15) is 0 Å². The molecule has 144 valence electrons. The van der Waals surface area contributed by atoms with Crippen molar-refractivity contribution >= 4 is 21.7 Å². The summed E-state index contributed by atoms with van der Waals surface area (Å²) in [5, 5.41) is 0. The molecule has 26 heavy (non-hydrogen) atoms. The van der Waals surface area contributed by atoms with E-state index in [1.807, 2.05) is 11.9 Å². The highest BCUT2D eigenvalue weighted by Gasteiger charge is 2.33. The second-order valence-electron chi connectivity index (χ2n) is 6.59. The Morgan fingerprint density at radius 2 is 1.81 bits per heavy atom. The number of carbonyl (C=O) groups excluding carboxylic acids is 2. The summed E-state index contributed by atoms with van der Waals surface area (Å²) in [6.45, 7) is 1.23. The van der Waals surface area contributed by atoms with Crippen LogP contribution in [0.2, 0.25) is 0 Å². The lowest BCUT2D eigenvalue weighted by Gasteiger charge is -2.39. The molecule has 1 aliphatic rings. The number of amides is 2. The van der Waals surface area contributed by atoms with Gasteiger partial charge in [-0.25, -0.2) is 12.8 Å². The van der Waals surface area contributed by atoms with E-state index in [2.05, 4.69) is 0 Å². The van der Waals surface area contributed by atoms with Crippen LogP contribution in [0.15, 0.2) is 29.2 Å². The predicted octanol–water partition coefficient (Wildman–Crippen LogP) is 0.220. The third-order valence-electron chi connectivity index (χ3n) is 4.48. The second-order valence-corrected chi connectivity index (χ2v) is 8.70. The number of hydrogen-bond donors (Lipinski definition) is 0. The molecule has 1 saturated heterocycles. The van der Waals surface area contributed by atoms with Gasteiger partial charge in [-0.3, -0.25) is 14.5 Å². The van der Waals surface area contributed by atoms with E-state index in [-0.39, 0.29) is 35.4 Å². The van der Waals surface area contributed by atoms with Gasteiger partial charge >= 0.3 is 0 Å². The number of piperazine rings is 1. The Labute approximate surface area is 153 Å². The molecule has 2 rings (SSSR count). The number of nitrogens with zero attached hydrogens (tertiary/aromatic N) is 3. The molecule has 0 radical (unpaired) electrons. The van der Waals surface area contributed by atoms with Crippen molar-refractivity contribution < 1.29 is 22.4 Å². The van der Waals surface area contributed by atoms with Gasteiger partial charge in [0, 0.05) is 40.2 Å². The fourth-order valence-corrected chi connectivity index (χ4v) is 4.03. The van der Waals surface area contributed by atoms with Crippen molar-refractivity contribution in [2.24, 2.45) is 0 Å². The Morgan fingerprint density at radius 1 is 1.19 bits per heavy atom. The molecule has 2 amide bonds. The number of carbonyl (C=O) groups is 2. The SMILES string of the molecule is CN(C)C(=O)C1CN(C(=O)CCS(=O)(=O)c2ccc(F)cc2)CCN1C. The number of halogens is 1. The maximum absolute atomic E-state index is 12.9. The smallest absolute Gasteiger partial charge is 0.241 e. The molecule has 1 aliphatic heterocycles. The summed E-state index contributed by atoms with van der Waals surface area (Å²) < 4.78 is 37.5. The molecular weight excluding hydrogens is 361 g/mol. The minimum Gasteiger partial charge on any atom is -0.347 e. The molecule has 0 saturated carbocycles. The Hall–Kier alpha value is -2.00. The van der Waals surface area contributed by atoms with E-state index in [9.17, 15) is 22.4 Å². The molecule has 0 aromatic heterocycles. The highest BCUT2D eigenvalue weighted by Crippen LogP contribution is 2.15. The molecular formula is C17H24FN3O4S. The van der Waals surface area contributed by atoms with E-state index in [0.717, 1.165) is 12.1 Å². The van der Waals surface area contributed by atoms with Crippen LogP contribution in [0.3, 0.4) is 0 Å². The van der Waals surface area contributed by atoms with Crippen molar-refractivity contribution in [1.29, 1.82) is 0 Å². The van der Waals surface area contributed by atoms with Crippen LogP contribution in [-0.2, 0) is 19.4 Å². The van der Waals surface area contributed by atoms with E-state index < -0.39 is 21.7 Å². The topological polar surface area (TPSA) is 78.0 Å². The second kappa shape index (κ2) is 8.13. The lowest BCUT2D eigenvalue weighted by molar-refractivity contribution is -0.141. The van der Waals surface area contributed by atoms with E-state index in [1.54, 1.807) is 14.1 Å². The molecule has 9 heteroatoms. The van der Waals surface area contributed by atoms with Gasteiger partial charge in [-0.1, -0.05) is 0 Å². The lowest BCUT2D eigenvalue weighted by Crippen LogP contribution is -2.58. The maximum Gasteiger partial charge on any atom is 0.241 e. The van der Waals surface area contributed by atoms with Crippen LogP contribution in [0.4, 0.5) is 4.39 Å². The quantitative estimate of drug-likeness (QED) is 0.678. The first kappa shape index (κ1) is 20.3. The Balaban J connectivity index is 1.99. The Bertz CT molecular complexity index is 765. The van der Waals surface area contributed by atoms with Gasteiger partial charge in [-0.15, -0.1) is 0 Å². The van der Waals surface area contributed by atoms with Crippen molar-refractivity contribution in [2.45, 2.75) is 17.4 Å². The van der Waals surface area contributed by atoms with E-state index in [4.69, 9.17) is 0 Å². The molecule has 1 atom stereocenters. The molecule has 0 spiro atoms. The number of sulfone groups is 1. The molecule has 1 aromatic rings. The van der Waals surface area contributed by atoms with Gasteiger partial charge in [0.15, 0.2) is 9.84 Å². The summed E-state index contributed by atoms with van der Waals surface area (Å²) in [7, 11) is 1.48. The van der Waals surface area contributed by atoms with E-state index in [1.165, 1.54) is 21.9 Å². The van der Waals surface area contributed by atoms with Crippen LogP contribution in [0.5, 0.6) is 0 Å². The summed E-state index contributed by atoms with van der Waals surface area (Å²) in [5.41, 5.74) is 0.